The molecule has 0 aromatic heterocycles. The second-order valence-corrected chi connectivity index (χ2v) is 8.86. The minimum atomic E-state index is -0.176. The van der Waals surface area contributed by atoms with Gasteiger partial charge in [0.2, 0.25) is 0 Å². The lowest BCUT2D eigenvalue weighted by atomic mass is 9.84. The summed E-state index contributed by atoms with van der Waals surface area (Å²) in [5.41, 5.74) is 1.94. The summed E-state index contributed by atoms with van der Waals surface area (Å²) < 4.78 is 28.5. The van der Waals surface area contributed by atoms with Crippen LogP contribution in [0.1, 0.15) is 52.7 Å². The van der Waals surface area contributed by atoms with Gasteiger partial charge in [-0.05, 0) is 49.2 Å². The van der Waals surface area contributed by atoms with Crippen LogP contribution in [0.2, 0.25) is 0 Å². The van der Waals surface area contributed by atoms with Crippen LogP contribution in [0.3, 0.4) is 0 Å². The van der Waals surface area contributed by atoms with E-state index in [1.165, 1.54) is 0 Å². The van der Waals surface area contributed by atoms with Crippen molar-refractivity contribution in [3.05, 3.63) is 47.5 Å². The van der Waals surface area contributed by atoms with Gasteiger partial charge in [0, 0.05) is 10.8 Å². The Kier molecular flexibility index (Phi) is 8.63. The van der Waals surface area contributed by atoms with Crippen molar-refractivity contribution in [1.82, 2.24) is 0 Å². The Bertz CT molecular complexity index is 772. The predicted octanol–water partition coefficient (Wildman–Crippen LogP) is 5.77. The van der Waals surface area contributed by atoms with Crippen LogP contribution >= 0.6 is 0 Å². The van der Waals surface area contributed by atoms with Gasteiger partial charge in [0.25, 0.3) is 0 Å². The summed E-state index contributed by atoms with van der Waals surface area (Å²) in [5.74, 6) is 3.01. The molecule has 31 heavy (non-hydrogen) atoms. The molecule has 0 saturated heterocycles. The SMILES string of the molecule is CCOc1ccc(C(C)(C)COCC(C)(C)c2ccc(OCC)c(OC)c2)cc1OC. The Balaban J connectivity index is 2.08. The number of benzene rings is 2. The van der Waals surface area contributed by atoms with Crippen molar-refractivity contribution in [2.45, 2.75) is 52.4 Å². The first-order valence-electron chi connectivity index (χ1n) is 10.9. The van der Waals surface area contributed by atoms with Crippen molar-refractivity contribution in [3.8, 4) is 23.0 Å². The number of hydrogen-bond donors (Lipinski definition) is 0. The Morgan fingerprint density at radius 3 is 1.32 bits per heavy atom. The molecule has 0 radical (unpaired) electrons. The van der Waals surface area contributed by atoms with Gasteiger partial charge in [0.05, 0.1) is 40.6 Å². The highest BCUT2D eigenvalue weighted by Gasteiger charge is 2.27. The van der Waals surface area contributed by atoms with E-state index in [-0.39, 0.29) is 10.8 Å². The van der Waals surface area contributed by atoms with Crippen LogP contribution in [0.25, 0.3) is 0 Å². The molecule has 0 atom stereocenters. The number of hydrogen-bond acceptors (Lipinski definition) is 5. The van der Waals surface area contributed by atoms with Crippen LogP contribution in [0.5, 0.6) is 23.0 Å². The van der Waals surface area contributed by atoms with Gasteiger partial charge in [-0.2, -0.15) is 0 Å². The molecule has 0 aliphatic heterocycles. The van der Waals surface area contributed by atoms with E-state index in [0.717, 1.165) is 34.1 Å². The van der Waals surface area contributed by atoms with Crippen LogP contribution in [0.4, 0.5) is 0 Å². The maximum atomic E-state index is 6.23. The second kappa shape index (κ2) is 10.8. The lowest BCUT2D eigenvalue weighted by Crippen LogP contribution is -2.30. The third-order valence-electron chi connectivity index (χ3n) is 5.42. The molecule has 0 N–H and O–H groups in total. The molecule has 2 rings (SSSR count). The van der Waals surface area contributed by atoms with Gasteiger partial charge < -0.3 is 23.7 Å². The molecule has 0 heterocycles. The summed E-state index contributed by atoms with van der Waals surface area (Å²) in [5, 5.41) is 0. The fraction of sp³-hybridized carbons (Fsp3) is 0.538. The Morgan fingerprint density at radius 1 is 0.613 bits per heavy atom. The summed E-state index contributed by atoms with van der Waals surface area (Å²) in [6, 6.07) is 12.2. The van der Waals surface area contributed by atoms with Crippen molar-refractivity contribution in [1.29, 1.82) is 0 Å². The summed E-state index contributed by atoms with van der Waals surface area (Å²) in [6.07, 6.45) is 0. The van der Waals surface area contributed by atoms with Gasteiger partial charge in [0.15, 0.2) is 23.0 Å². The fourth-order valence-electron chi connectivity index (χ4n) is 3.45. The van der Waals surface area contributed by atoms with Crippen LogP contribution in [-0.4, -0.2) is 40.6 Å². The average Bonchev–Trinajstić information content (AvgIpc) is 2.74. The summed E-state index contributed by atoms with van der Waals surface area (Å²) in [7, 11) is 3.33. The molecule has 0 unspecified atom stereocenters. The van der Waals surface area contributed by atoms with Crippen molar-refractivity contribution in [3.63, 3.8) is 0 Å². The van der Waals surface area contributed by atoms with Gasteiger partial charge in [-0.1, -0.05) is 39.8 Å². The molecule has 2 aromatic carbocycles. The molecular formula is C26H38O5. The Morgan fingerprint density at radius 2 is 1.00 bits per heavy atom. The van der Waals surface area contributed by atoms with E-state index in [2.05, 4.69) is 39.8 Å². The normalized spacial score (nSPS) is 11.9. The van der Waals surface area contributed by atoms with Gasteiger partial charge >= 0.3 is 0 Å². The molecule has 0 aliphatic carbocycles. The van der Waals surface area contributed by atoms with Crippen LogP contribution in [0.15, 0.2) is 36.4 Å². The van der Waals surface area contributed by atoms with E-state index in [1.54, 1.807) is 14.2 Å². The largest absolute Gasteiger partial charge is 0.493 e. The van der Waals surface area contributed by atoms with Gasteiger partial charge in [-0.15, -0.1) is 0 Å². The third-order valence-corrected chi connectivity index (χ3v) is 5.42. The van der Waals surface area contributed by atoms with E-state index in [4.69, 9.17) is 23.7 Å². The van der Waals surface area contributed by atoms with Crippen LogP contribution in [-0.2, 0) is 15.6 Å². The average molecular weight is 431 g/mol. The molecule has 0 spiro atoms. The lowest BCUT2D eigenvalue weighted by Gasteiger charge is -2.30. The fourth-order valence-corrected chi connectivity index (χ4v) is 3.45. The van der Waals surface area contributed by atoms with E-state index >= 15 is 0 Å². The predicted molar refractivity (Wildman–Crippen MR) is 125 cm³/mol. The van der Waals surface area contributed by atoms with Crippen LogP contribution in [0, 0.1) is 0 Å². The lowest BCUT2D eigenvalue weighted by molar-refractivity contribution is 0.0632. The second-order valence-electron chi connectivity index (χ2n) is 8.86. The molecule has 172 valence electrons. The van der Waals surface area contributed by atoms with Crippen molar-refractivity contribution in [2.24, 2.45) is 0 Å². The highest BCUT2D eigenvalue weighted by molar-refractivity contribution is 5.46. The zero-order chi connectivity index (χ0) is 23.1. The summed E-state index contributed by atoms with van der Waals surface area (Å²) in [6.45, 7) is 15.0. The Hall–Kier alpha value is -2.40. The van der Waals surface area contributed by atoms with Gasteiger partial charge in [-0.25, -0.2) is 0 Å². The molecule has 0 amide bonds. The van der Waals surface area contributed by atoms with Crippen molar-refractivity contribution >= 4 is 0 Å². The zero-order valence-corrected chi connectivity index (χ0v) is 20.3. The number of methoxy groups -OCH3 is 2. The highest BCUT2D eigenvalue weighted by Crippen LogP contribution is 2.36. The summed E-state index contributed by atoms with van der Waals surface area (Å²) >= 11 is 0. The van der Waals surface area contributed by atoms with E-state index in [0.29, 0.717) is 26.4 Å². The molecule has 5 heteroatoms. The van der Waals surface area contributed by atoms with Gasteiger partial charge in [0.1, 0.15) is 0 Å². The standard InChI is InChI=1S/C26H38O5/c1-9-30-21-13-11-19(15-23(21)27-7)25(3,4)17-29-18-26(5,6)20-12-14-22(31-10-2)24(16-20)28-8/h11-16H,9-10,17-18H2,1-8H3. The molecular weight excluding hydrogens is 392 g/mol. The smallest absolute Gasteiger partial charge is 0.161 e. The number of ether oxygens (including phenoxy) is 5. The number of rotatable bonds is 12. The quantitative estimate of drug-likeness (QED) is 0.428. The summed E-state index contributed by atoms with van der Waals surface area (Å²) in [4.78, 5) is 0. The topological polar surface area (TPSA) is 46.2 Å². The van der Waals surface area contributed by atoms with Crippen molar-refractivity contribution < 1.29 is 23.7 Å². The molecule has 0 saturated carbocycles. The molecule has 2 aromatic rings. The first kappa shape index (κ1) is 24.9. The third kappa shape index (κ3) is 6.30. The molecule has 5 nitrogen and oxygen atoms in total. The maximum Gasteiger partial charge on any atom is 0.161 e. The maximum absolute atomic E-state index is 6.23. The minimum absolute atomic E-state index is 0.176. The molecule has 0 bridgehead atoms. The first-order valence-corrected chi connectivity index (χ1v) is 10.9. The van der Waals surface area contributed by atoms with E-state index < -0.39 is 0 Å². The minimum Gasteiger partial charge on any atom is -0.493 e. The van der Waals surface area contributed by atoms with Crippen LogP contribution < -0.4 is 18.9 Å². The van der Waals surface area contributed by atoms with E-state index in [1.807, 2.05) is 38.1 Å². The van der Waals surface area contributed by atoms with E-state index in [9.17, 15) is 0 Å². The zero-order valence-electron chi connectivity index (χ0n) is 20.3. The molecule has 0 fully saturated rings. The first-order chi connectivity index (χ1) is 14.7. The molecule has 0 aliphatic rings. The van der Waals surface area contributed by atoms with Crippen molar-refractivity contribution in [2.75, 3.05) is 40.6 Å². The monoisotopic (exact) mass is 430 g/mol. The van der Waals surface area contributed by atoms with Gasteiger partial charge in [-0.3, -0.25) is 0 Å². The Labute approximate surface area is 187 Å². The highest BCUT2D eigenvalue weighted by atomic mass is 16.5.